The highest BCUT2D eigenvalue weighted by molar-refractivity contribution is 7.91. The van der Waals surface area contributed by atoms with E-state index in [9.17, 15) is 18.0 Å². The molecule has 3 heterocycles. The van der Waals surface area contributed by atoms with E-state index >= 15 is 0 Å². The van der Waals surface area contributed by atoms with Gasteiger partial charge in [-0.1, -0.05) is 6.07 Å². The lowest BCUT2D eigenvalue weighted by Gasteiger charge is -2.36. The quantitative estimate of drug-likeness (QED) is 0.597. The molecule has 1 aromatic heterocycles. The summed E-state index contributed by atoms with van der Waals surface area (Å²) in [4.78, 5) is 34.9. The molecule has 28 heavy (non-hydrogen) atoms. The Hall–Kier alpha value is -2.20. The Kier molecular flexibility index (Phi) is 6.50. The van der Waals surface area contributed by atoms with Gasteiger partial charge in [0.1, 0.15) is 5.82 Å². The third kappa shape index (κ3) is 4.79. The molecule has 0 bridgehead atoms. The molecule has 1 atom stereocenters. The molecule has 1 aromatic rings. The van der Waals surface area contributed by atoms with Crippen LogP contribution in [0.4, 0.5) is 5.82 Å². The van der Waals surface area contributed by atoms with Crippen molar-refractivity contribution in [1.82, 2.24) is 14.8 Å². The number of hydrogen-bond acceptors (Lipinski definition) is 7. The molecule has 0 saturated carbocycles. The minimum atomic E-state index is -3.16. The molecule has 3 rings (SSSR count). The van der Waals surface area contributed by atoms with Crippen LogP contribution < -0.4 is 4.90 Å². The number of ether oxygens (including phenoxy) is 1. The third-order valence-corrected chi connectivity index (χ3v) is 6.92. The number of hydrogen-bond donors (Lipinski definition) is 0. The van der Waals surface area contributed by atoms with Crippen LogP contribution >= 0.6 is 0 Å². The molecule has 2 amide bonds. The number of nitrogens with zero attached hydrogens (tertiary/aromatic N) is 4. The van der Waals surface area contributed by atoms with Crippen LogP contribution in [0, 0.1) is 0 Å². The summed E-state index contributed by atoms with van der Waals surface area (Å²) in [5.74, 6) is -0.431. The minimum absolute atomic E-state index is 0.0470. The van der Waals surface area contributed by atoms with Crippen LogP contribution in [0.1, 0.15) is 6.42 Å². The fourth-order valence-corrected chi connectivity index (χ4v) is 5.33. The monoisotopic (exact) mass is 410 g/mol. The number of aromatic nitrogens is 1. The average Bonchev–Trinajstić information content (AvgIpc) is 3.08. The van der Waals surface area contributed by atoms with Crippen LogP contribution in [-0.2, 0) is 24.2 Å². The summed E-state index contributed by atoms with van der Waals surface area (Å²) < 4.78 is 28.7. The molecule has 0 aliphatic carbocycles. The van der Waals surface area contributed by atoms with Gasteiger partial charge in [-0.05, 0) is 18.6 Å². The Bertz CT molecular complexity index is 793. The van der Waals surface area contributed by atoms with Gasteiger partial charge < -0.3 is 19.4 Å². The van der Waals surface area contributed by atoms with Crippen molar-refractivity contribution in [3.63, 3.8) is 0 Å². The van der Waals surface area contributed by atoms with Gasteiger partial charge in [-0.2, -0.15) is 0 Å². The van der Waals surface area contributed by atoms with Crippen LogP contribution in [0.25, 0.3) is 0 Å². The van der Waals surface area contributed by atoms with Crippen LogP contribution in [0.3, 0.4) is 0 Å². The number of anilines is 1. The van der Waals surface area contributed by atoms with E-state index in [1.54, 1.807) is 6.20 Å². The molecule has 0 spiro atoms. The van der Waals surface area contributed by atoms with Gasteiger partial charge in [0.05, 0.1) is 18.1 Å². The van der Waals surface area contributed by atoms with Crippen molar-refractivity contribution in [3.8, 4) is 0 Å². The summed E-state index contributed by atoms with van der Waals surface area (Å²) in [7, 11) is -1.65. The Morgan fingerprint density at radius 3 is 2.57 bits per heavy atom. The van der Waals surface area contributed by atoms with E-state index in [-0.39, 0.29) is 24.7 Å². The lowest BCUT2D eigenvalue weighted by Crippen LogP contribution is -2.55. The smallest absolute Gasteiger partial charge is 0.312 e. The van der Waals surface area contributed by atoms with Gasteiger partial charge in [0, 0.05) is 52.1 Å². The molecule has 9 nitrogen and oxygen atoms in total. The molecule has 1 unspecified atom stereocenters. The van der Waals surface area contributed by atoms with Crippen molar-refractivity contribution in [3.05, 3.63) is 24.4 Å². The van der Waals surface area contributed by atoms with Crippen molar-refractivity contribution in [2.75, 3.05) is 62.8 Å². The second kappa shape index (κ2) is 8.87. The molecule has 2 saturated heterocycles. The highest BCUT2D eigenvalue weighted by Crippen LogP contribution is 2.19. The zero-order chi connectivity index (χ0) is 20.1. The summed E-state index contributed by atoms with van der Waals surface area (Å²) in [6.45, 7) is 2.47. The lowest BCUT2D eigenvalue weighted by molar-refractivity contribution is -0.153. The fourth-order valence-electron chi connectivity index (χ4n) is 3.60. The Morgan fingerprint density at radius 2 is 2.00 bits per heavy atom. The summed E-state index contributed by atoms with van der Waals surface area (Å²) in [5, 5.41) is 0. The maximum absolute atomic E-state index is 12.9. The van der Waals surface area contributed by atoms with E-state index in [2.05, 4.69) is 9.88 Å². The Labute approximate surface area is 165 Å². The van der Waals surface area contributed by atoms with Gasteiger partial charge in [0.2, 0.25) is 0 Å². The normalized spacial score (nSPS) is 21.5. The molecule has 0 N–H and O–H groups in total. The SMILES string of the molecule is COCCN(C(=O)C(=O)N1CCN(c2ccccn2)CC1)C1CCS(=O)(=O)C1. The van der Waals surface area contributed by atoms with Gasteiger partial charge in [-0.3, -0.25) is 9.59 Å². The first-order valence-electron chi connectivity index (χ1n) is 9.36. The first-order chi connectivity index (χ1) is 13.4. The molecule has 2 aliphatic rings. The van der Waals surface area contributed by atoms with Crippen molar-refractivity contribution < 1.29 is 22.7 Å². The Balaban J connectivity index is 1.62. The van der Waals surface area contributed by atoms with Crippen LogP contribution in [-0.4, -0.2) is 99.0 Å². The number of pyridine rings is 1. The largest absolute Gasteiger partial charge is 0.383 e. The first kappa shape index (κ1) is 20.5. The zero-order valence-corrected chi connectivity index (χ0v) is 16.8. The molecule has 2 aliphatic heterocycles. The molecule has 2 fully saturated rings. The van der Waals surface area contributed by atoms with E-state index in [0.717, 1.165) is 5.82 Å². The summed E-state index contributed by atoms with van der Waals surface area (Å²) >= 11 is 0. The first-order valence-corrected chi connectivity index (χ1v) is 11.2. The van der Waals surface area contributed by atoms with E-state index in [1.165, 1.54) is 16.9 Å². The predicted octanol–water partition coefficient (Wildman–Crippen LogP) is -0.608. The summed E-state index contributed by atoms with van der Waals surface area (Å²) in [6.07, 6.45) is 2.08. The fraction of sp³-hybridized carbons (Fsp3) is 0.611. The number of piperazine rings is 1. The average molecular weight is 410 g/mol. The van der Waals surface area contributed by atoms with Crippen LogP contribution in [0.15, 0.2) is 24.4 Å². The van der Waals surface area contributed by atoms with Gasteiger partial charge in [0.15, 0.2) is 9.84 Å². The maximum atomic E-state index is 12.9. The predicted molar refractivity (Wildman–Crippen MR) is 104 cm³/mol. The number of methoxy groups -OCH3 is 1. The zero-order valence-electron chi connectivity index (χ0n) is 16.0. The second-order valence-electron chi connectivity index (χ2n) is 7.02. The van der Waals surface area contributed by atoms with E-state index in [1.807, 2.05) is 18.2 Å². The molecule has 0 aromatic carbocycles. The Morgan fingerprint density at radius 1 is 1.25 bits per heavy atom. The van der Waals surface area contributed by atoms with Crippen LogP contribution in [0.5, 0.6) is 0 Å². The molecule has 0 radical (unpaired) electrons. The van der Waals surface area contributed by atoms with E-state index in [0.29, 0.717) is 32.6 Å². The third-order valence-electron chi connectivity index (χ3n) is 5.17. The minimum Gasteiger partial charge on any atom is -0.383 e. The van der Waals surface area contributed by atoms with Gasteiger partial charge in [-0.25, -0.2) is 13.4 Å². The van der Waals surface area contributed by atoms with Crippen molar-refractivity contribution in [2.24, 2.45) is 0 Å². The maximum Gasteiger partial charge on any atom is 0.312 e. The second-order valence-corrected chi connectivity index (χ2v) is 9.24. The molecular formula is C18H26N4O5S. The topological polar surface area (TPSA) is 100 Å². The molecule has 10 heteroatoms. The highest BCUT2D eigenvalue weighted by atomic mass is 32.2. The number of rotatable bonds is 5. The number of carbonyl (C=O) groups excluding carboxylic acids is 2. The lowest BCUT2D eigenvalue weighted by atomic mass is 10.2. The van der Waals surface area contributed by atoms with Crippen molar-refractivity contribution >= 4 is 27.5 Å². The molecular weight excluding hydrogens is 384 g/mol. The molecule has 154 valence electrons. The van der Waals surface area contributed by atoms with Crippen molar-refractivity contribution in [1.29, 1.82) is 0 Å². The van der Waals surface area contributed by atoms with Gasteiger partial charge >= 0.3 is 11.8 Å². The standard InChI is InChI=1S/C18H26N4O5S/c1-27-12-11-22(15-5-13-28(25,26)14-15)18(24)17(23)21-9-7-20(8-10-21)16-4-2-3-6-19-16/h2-4,6,15H,5,7-14H2,1H3. The van der Waals surface area contributed by atoms with E-state index in [4.69, 9.17) is 4.74 Å². The van der Waals surface area contributed by atoms with E-state index < -0.39 is 27.7 Å². The number of amides is 2. The number of carbonyl (C=O) groups is 2. The van der Waals surface area contributed by atoms with Gasteiger partial charge in [-0.15, -0.1) is 0 Å². The number of sulfone groups is 1. The van der Waals surface area contributed by atoms with Crippen molar-refractivity contribution in [2.45, 2.75) is 12.5 Å². The summed E-state index contributed by atoms with van der Waals surface area (Å²) in [5.41, 5.74) is 0. The van der Waals surface area contributed by atoms with Gasteiger partial charge in [0.25, 0.3) is 0 Å². The van der Waals surface area contributed by atoms with Crippen LogP contribution in [0.2, 0.25) is 0 Å². The summed E-state index contributed by atoms with van der Waals surface area (Å²) in [6, 6.07) is 5.20. The highest BCUT2D eigenvalue weighted by Gasteiger charge is 2.38.